The van der Waals surface area contributed by atoms with E-state index < -0.39 is 0 Å². The summed E-state index contributed by atoms with van der Waals surface area (Å²) in [6.07, 6.45) is 0. The molecule has 0 N–H and O–H groups in total. The van der Waals surface area contributed by atoms with Gasteiger partial charge < -0.3 is 9.47 Å². The molecule has 10 aromatic carbocycles. The van der Waals surface area contributed by atoms with Crippen molar-refractivity contribution < 1.29 is 0 Å². The van der Waals surface area contributed by atoms with E-state index in [0.29, 0.717) is 0 Å². The third-order valence-electron chi connectivity index (χ3n) is 11.6. The number of aromatic nitrogens is 1. The molecule has 1 aromatic heterocycles. The van der Waals surface area contributed by atoms with E-state index in [9.17, 15) is 0 Å². The molecule has 0 radical (unpaired) electrons. The number of nitrogens with zero attached hydrogens (tertiary/aromatic N) is 2. The third-order valence-corrected chi connectivity index (χ3v) is 11.6. The van der Waals surface area contributed by atoms with Crippen molar-refractivity contribution in [3.05, 3.63) is 231 Å². The molecule has 0 amide bonds. The minimum Gasteiger partial charge on any atom is -0.309 e. The molecule has 1 heterocycles. The van der Waals surface area contributed by atoms with E-state index in [0.717, 1.165) is 45.0 Å². The first kappa shape index (κ1) is 33.6. The number of benzene rings is 10. The predicted molar refractivity (Wildman–Crippen MR) is 247 cm³/mol. The van der Waals surface area contributed by atoms with Crippen LogP contribution in [0.4, 0.5) is 17.1 Å². The quantitative estimate of drug-likeness (QED) is 0.158. The van der Waals surface area contributed by atoms with Gasteiger partial charge in [0.05, 0.1) is 28.1 Å². The van der Waals surface area contributed by atoms with Crippen LogP contribution in [0.25, 0.3) is 82.4 Å². The Kier molecular flexibility index (Phi) is 8.19. The lowest BCUT2D eigenvalue weighted by Crippen LogP contribution is -2.13. The summed E-state index contributed by atoms with van der Waals surface area (Å²) in [5, 5.41) is 7.34. The van der Waals surface area contributed by atoms with Crippen LogP contribution in [0, 0.1) is 0 Å². The van der Waals surface area contributed by atoms with Crippen molar-refractivity contribution >= 4 is 60.4 Å². The summed E-state index contributed by atoms with van der Waals surface area (Å²) in [6.45, 7) is 0. The van der Waals surface area contributed by atoms with E-state index in [1.807, 2.05) is 0 Å². The molecule has 11 rings (SSSR count). The van der Waals surface area contributed by atoms with Gasteiger partial charge in [-0.1, -0.05) is 176 Å². The van der Waals surface area contributed by atoms with Crippen LogP contribution in [0.1, 0.15) is 0 Å². The molecule has 2 heteroatoms. The highest BCUT2D eigenvalue weighted by atomic mass is 15.2. The Morgan fingerprint density at radius 1 is 0.293 bits per heavy atom. The van der Waals surface area contributed by atoms with Crippen molar-refractivity contribution in [3.63, 3.8) is 0 Å². The van der Waals surface area contributed by atoms with E-state index in [1.54, 1.807) is 0 Å². The van der Waals surface area contributed by atoms with Crippen LogP contribution in [-0.2, 0) is 0 Å². The third kappa shape index (κ3) is 5.66. The van der Waals surface area contributed by atoms with Gasteiger partial charge in [0.1, 0.15) is 0 Å². The summed E-state index contributed by atoms with van der Waals surface area (Å²) < 4.78 is 2.41. The van der Waals surface area contributed by atoms with Gasteiger partial charge in [-0.25, -0.2) is 0 Å². The van der Waals surface area contributed by atoms with Crippen molar-refractivity contribution in [2.45, 2.75) is 0 Å². The molecule has 0 aliphatic carbocycles. The van der Waals surface area contributed by atoms with Crippen LogP contribution in [0.3, 0.4) is 0 Å². The minimum atomic E-state index is 1.10. The van der Waals surface area contributed by atoms with Crippen molar-refractivity contribution in [3.8, 4) is 39.1 Å². The topological polar surface area (TPSA) is 8.17 Å². The Labute approximate surface area is 338 Å². The average Bonchev–Trinajstić information content (AvgIpc) is 3.65. The monoisotopic (exact) mass is 738 g/mol. The van der Waals surface area contributed by atoms with Crippen molar-refractivity contribution in [2.24, 2.45) is 0 Å². The molecule has 0 fully saturated rings. The number of para-hydroxylation sites is 3. The Bertz CT molecular complexity index is 3280. The molecule has 0 saturated heterocycles. The average molecular weight is 739 g/mol. The fourth-order valence-electron chi connectivity index (χ4n) is 8.93. The first-order valence-corrected chi connectivity index (χ1v) is 19.9. The van der Waals surface area contributed by atoms with Crippen LogP contribution >= 0.6 is 0 Å². The highest BCUT2D eigenvalue weighted by molar-refractivity contribution is 6.17. The zero-order chi connectivity index (χ0) is 38.4. The minimum absolute atomic E-state index is 1.10. The Morgan fingerprint density at radius 3 is 1.72 bits per heavy atom. The fourth-order valence-corrected chi connectivity index (χ4v) is 8.93. The molecular weight excluding hydrogens is 701 g/mol. The maximum Gasteiger partial charge on any atom is 0.0562 e. The number of fused-ring (bicyclic) bond motifs is 5. The molecule has 0 spiro atoms. The lowest BCUT2D eigenvalue weighted by molar-refractivity contribution is 1.18. The number of anilines is 3. The molecule has 0 atom stereocenters. The maximum atomic E-state index is 2.52. The fraction of sp³-hybridized carbons (Fsp3) is 0. The van der Waals surface area contributed by atoms with Gasteiger partial charge in [-0.15, -0.1) is 0 Å². The van der Waals surface area contributed by atoms with Gasteiger partial charge >= 0.3 is 0 Å². The highest BCUT2D eigenvalue weighted by Crippen LogP contribution is 2.50. The lowest BCUT2D eigenvalue weighted by Gasteiger charge is -2.31. The van der Waals surface area contributed by atoms with Gasteiger partial charge in [0.25, 0.3) is 0 Å². The van der Waals surface area contributed by atoms with Crippen molar-refractivity contribution in [1.82, 2.24) is 4.57 Å². The van der Waals surface area contributed by atoms with Gasteiger partial charge in [0.15, 0.2) is 0 Å². The smallest absolute Gasteiger partial charge is 0.0562 e. The summed E-state index contributed by atoms with van der Waals surface area (Å²) in [5.74, 6) is 0. The SMILES string of the molecule is c1ccc(-c2cc(-c3cccc4ccccc34)ccc2N(c2ccccc2-c2ccc3ccccc3c2)c2cccc3c2c2ccccc2n3-c2ccccc2)cc1. The van der Waals surface area contributed by atoms with Crippen LogP contribution in [0.5, 0.6) is 0 Å². The number of hydrogen-bond donors (Lipinski definition) is 0. The van der Waals surface area contributed by atoms with Gasteiger partial charge in [-0.3, -0.25) is 0 Å². The molecule has 58 heavy (non-hydrogen) atoms. The van der Waals surface area contributed by atoms with Crippen LogP contribution in [-0.4, -0.2) is 4.57 Å². The van der Waals surface area contributed by atoms with E-state index in [-0.39, 0.29) is 0 Å². The molecule has 11 aromatic rings. The number of hydrogen-bond acceptors (Lipinski definition) is 1. The molecule has 0 saturated carbocycles. The second-order valence-electron chi connectivity index (χ2n) is 14.9. The van der Waals surface area contributed by atoms with E-state index in [1.165, 1.54) is 54.5 Å². The predicted octanol–water partition coefficient (Wildman–Crippen LogP) is 15.6. The van der Waals surface area contributed by atoms with Gasteiger partial charge in [-0.05, 0) is 98.4 Å². The summed E-state index contributed by atoms with van der Waals surface area (Å²) in [6, 6.07) is 83.9. The standard InChI is InChI=1S/C56H38N2/c1-3-18-41(19-4-1)50-38-44(47-28-15-22-40-20-9-10-25-46(40)47)35-36-53(50)58(51-29-13-11-26-48(51)43-34-33-39-17-7-8-21-42(39)37-43)55-32-16-31-54-56(55)49-27-12-14-30-52(49)57(54)45-23-5-2-6-24-45/h1-38H. The summed E-state index contributed by atoms with van der Waals surface area (Å²) in [5.41, 5.74) is 13.9. The number of rotatable bonds is 7. The molecule has 2 nitrogen and oxygen atoms in total. The second-order valence-corrected chi connectivity index (χ2v) is 14.9. The van der Waals surface area contributed by atoms with E-state index in [2.05, 4.69) is 240 Å². The van der Waals surface area contributed by atoms with Gasteiger partial charge in [0, 0.05) is 27.6 Å². The lowest BCUT2D eigenvalue weighted by atomic mass is 9.92. The van der Waals surface area contributed by atoms with E-state index >= 15 is 0 Å². The molecular formula is C56H38N2. The van der Waals surface area contributed by atoms with Crippen molar-refractivity contribution in [2.75, 3.05) is 4.90 Å². The summed E-state index contributed by atoms with van der Waals surface area (Å²) in [7, 11) is 0. The Hall–Kier alpha value is -7.68. The molecule has 0 aliphatic rings. The second kappa shape index (κ2) is 14.1. The Balaban J connectivity index is 1.24. The van der Waals surface area contributed by atoms with Crippen LogP contribution in [0.15, 0.2) is 231 Å². The normalized spacial score (nSPS) is 11.4. The maximum absolute atomic E-state index is 2.52. The largest absolute Gasteiger partial charge is 0.309 e. The highest BCUT2D eigenvalue weighted by Gasteiger charge is 2.25. The molecule has 272 valence electrons. The first-order chi connectivity index (χ1) is 28.8. The summed E-state index contributed by atoms with van der Waals surface area (Å²) in [4.78, 5) is 2.52. The molecule has 0 aliphatic heterocycles. The zero-order valence-corrected chi connectivity index (χ0v) is 31.8. The Morgan fingerprint density at radius 2 is 0.862 bits per heavy atom. The zero-order valence-electron chi connectivity index (χ0n) is 31.8. The summed E-state index contributed by atoms with van der Waals surface area (Å²) >= 11 is 0. The molecule has 0 bridgehead atoms. The van der Waals surface area contributed by atoms with Crippen molar-refractivity contribution in [1.29, 1.82) is 0 Å². The van der Waals surface area contributed by atoms with Crippen LogP contribution in [0.2, 0.25) is 0 Å². The van der Waals surface area contributed by atoms with E-state index in [4.69, 9.17) is 0 Å². The molecule has 0 unspecified atom stereocenters. The first-order valence-electron chi connectivity index (χ1n) is 19.9. The van der Waals surface area contributed by atoms with Gasteiger partial charge in [0.2, 0.25) is 0 Å². The van der Waals surface area contributed by atoms with Gasteiger partial charge in [-0.2, -0.15) is 0 Å². The van der Waals surface area contributed by atoms with Crippen LogP contribution < -0.4 is 4.90 Å².